The van der Waals surface area contributed by atoms with Crippen LogP contribution in [0.5, 0.6) is 5.75 Å². The lowest BCUT2D eigenvalue weighted by Gasteiger charge is -2.42. The zero-order chi connectivity index (χ0) is 14.6. The molecule has 0 unspecified atom stereocenters. The molecule has 0 spiro atoms. The predicted octanol–water partition coefficient (Wildman–Crippen LogP) is 5.11. The van der Waals surface area contributed by atoms with Crippen molar-refractivity contribution in [1.82, 2.24) is 0 Å². The first-order chi connectivity index (χ1) is 9.41. The van der Waals surface area contributed by atoms with E-state index in [0.717, 1.165) is 12.2 Å². The molecule has 0 aliphatic rings. The fraction of sp³-hybridized carbons (Fsp3) is 0.368. The number of benzene rings is 2. The maximum Gasteiger partial charge on any atom is 0.120 e. The lowest BCUT2D eigenvalue weighted by Crippen LogP contribution is -2.45. The maximum atomic E-state index is 6.24. The molecule has 0 saturated heterocycles. The van der Waals surface area contributed by atoms with E-state index < -0.39 is 0 Å². The topological polar surface area (TPSA) is 9.23 Å². The summed E-state index contributed by atoms with van der Waals surface area (Å²) < 4.78 is 6.24. The van der Waals surface area contributed by atoms with Gasteiger partial charge in [-0.25, -0.2) is 0 Å². The number of ether oxygens (including phenoxy) is 1. The molecule has 0 amide bonds. The molecule has 0 aliphatic heterocycles. The van der Waals surface area contributed by atoms with Crippen LogP contribution >= 0.6 is 0 Å². The van der Waals surface area contributed by atoms with Gasteiger partial charge >= 0.3 is 0 Å². The quantitative estimate of drug-likeness (QED) is 0.732. The Labute approximate surface area is 122 Å². The van der Waals surface area contributed by atoms with Crippen molar-refractivity contribution in [3.8, 4) is 5.75 Å². The second-order valence-corrected chi connectivity index (χ2v) is 6.47. The standard InChI is InChI=1S/C19H24O/c1-18(2,15-16-11-7-5-8-12-16)19(3,4)20-17-13-9-6-10-14-17/h5-14H,15H2,1-4H3. The highest BCUT2D eigenvalue weighted by molar-refractivity contribution is 5.23. The number of rotatable bonds is 5. The second kappa shape index (κ2) is 5.70. The van der Waals surface area contributed by atoms with Crippen molar-refractivity contribution in [3.05, 3.63) is 66.2 Å². The maximum absolute atomic E-state index is 6.24. The molecular weight excluding hydrogens is 244 g/mol. The number of hydrogen-bond donors (Lipinski definition) is 0. The molecule has 0 fully saturated rings. The molecule has 0 radical (unpaired) electrons. The van der Waals surface area contributed by atoms with Crippen LogP contribution in [0.3, 0.4) is 0 Å². The summed E-state index contributed by atoms with van der Waals surface area (Å²) >= 11 is 0. The minimum Gasteiger partial charge on any atom is -0.487 e. The smallest absolute Gasteiger partial charge is 0.120 e. The highest BCUT2D eigenvalue weighted by atomic mass is 16.5. The SMILES string of the molecule is CC(C)(Cc1ccccc1)C(C)(C)Oc1ccccc1. The van der Waals surface area contributed by atoms with Crippen LogP contribution in [0.2, 0.25) is 0 Å². The molecule has 0 heterocycles. The van der Waals surface area contributed by atoms with Crippen LogP contribution < -0.4 is 4.74 Å². The molecule has 2 aromatic carbocycles. The first-order valence-corrected chi connectivity index (χ1v) is 7.19. The van der Waals surface area contributed by atoms with Crippen LogP contribution in [0, 0.1) is 5.41 Å². The van der Waals surface area contributed by atoms with Gasteiger partial charge < -0.3 is 4.74 Å². The Morgan fingerprint density at radius 3 is 1.80 bits per heavy atom. The zero-order valence-corrected chi connectivity index (χ0v) is 12.9. The summed E-state index contributed by atoms with van der Waals surface area (Å²) in [7, 11) is 0. The van der Waals surface area contributed by atoms with Crippen molar-refractivity contribution in [2.75, 3.05) is 0 Å². The molecule has 1 heteroatoms. The Morgan fingerprint density at radius 1 is 0.750 bits per heavy atom. The highest BCUT2D eigenvalue weighted by Crippen LogP contribution is 2.37. The third-order valence-corrected chi connectivity index (χ3v) is 4.23. The van der Waals surface area contributed by atoms with Crippen molar-refractivity contribution in [2.45, 2.75) is 39.7 Å². The van der Waals surface area contributed by atoms with Crippen LogP contribution in [0.25, 0.3) is 0 Å². The van der Waals surface area contributed by atoms with E-state index in [2.05, 4.69) is 58.0 Å². The van der Waals surface area contributed by atoms with E-state index in [-0.39, 0.29) is 11.0 Å². The summed E-state index contributed by atoms with van der Waals surface area (Å²) in [6, 6.07) is 20.7. The predicted molar refractivity (Wildman–Crippen MR) is 85.1 cm³/mol. The normalized spacial score (nSPS) is 12.2. The van der Waals surface area contributed by atoms with Crippen LogP contribution in [-0.2, 0) is 6.42 Å². The Balaban J connectivity index is 2.14. The minimum atomic E-state index is -0.246. The summed E-state index contributed by atoms with van der Waals surface area (Å²) in [6.07, 6.45) is 0.994. The van der Waals surface area contributed by atoms with Crippen LogP contribution in [0.1, 0.15) is 33.3 Å². The van der Waals surface area contributed by atoms with Gasteiger partial charge in [0, 0.05) is 5.41 Å². The summed E-state index contributed by atoms with van der Waals surface area (Å²) in [5, 5.41) is 0. The summed E-state index contributed by atoms with van der Waals surface area (Å²) in [6.45, 7) is 8.87. The average Bonchev–Trinajstić information content (AvgIpc) is 2.40. The Morgan fingerprint density at radius 2 is 1.25 bits per heavy atom. The molecular formula is C19H24O. The molecule has 2 aromatic rings. The first kappa shape index (κ1) is 14.6. The largest absolute Gasteiger partial charge is 0.487 e. The Hall–Kier alpha value is -1.76. The van der Waals surface area contributed by atoms with E-state index in [1.807, 2.05) is 30.3 Å². The molecule has 0 atom stereocenters. The molecule has 2 rings (SSSR count). The van der Waals surface area contributed by atoms with E-state index in [0.29, 0.717) is 0 Å². The van der Waals surface area contributed by atoms with Crippen LogP contribution in [-0.4, -0.2) is 5.60 Å². The van der Waals surface area contributed by atoms with E-state index in [4.69, 9.17) is 4.74 Å². The first-order valence-electron chi connectivity index (χ1n) is 7.19. The zero-order valence-electron chi connectivity index (χ0n) is 12.9. The van der Waals surface area contributed by atoms with E-state index in [1.54, 1.807) is 0 Å². The fourth-order valence-corrected chi connectivity index (χ4v) is 2.24. The van der Waals surface area contributed by atoms with Gasteiger partial charge in [0.1, 0.15) is 11.4 Å². The molecule has 0 saturated carbocycles. The van der Waals surface area contributed by atoms with E-state index in [1.165, 1.54) is 5.56 Å². The highest BCUT2D eigenvalue weighted by Gasteiger charge is 2.39. The number of para-hydroxylation sites is 1. The van der Waals surface area contributed by atoms with Crippen LogP contribution in [0.15, 0.2) is 60.7 Å². The molecule has 0 aliphatic carbocycles. The van der Waals surface area contributed by atoms with Crippen molar-refractivity contribution in [3.63, 3.8) is 0 Å². The molecule has 0 aromatic heterocycles. The van der Waals surface area contributed by atoms with Gasteiger partial charge in [-0.3, -0.25) is 0 Å². The van der Waals surface area contributed by atoms with Crippen LogP contribution in [0.4, 0.5) is 0 Å². The van der Waals surface area contributed by atoms with Crippen molar-refractivity contribution in [2.24, 2.45) is 5.41 Å². The lowest BCUT2D eigenvalue weighted by atomic mass is 9.73. The Bertz CT molecular complexity index is 475. The number of hydrogen-bond acceptors (Lipinski definition) is 1. The molecule has 20 heavy (non-hydrogen) atoms. The summed E-state index contributed by atoms with van der Waals surface area (Å²) in [4.78, 5) is 0. The average molecular weight is 268 g/mol. The lowest BCUT2D eigenvalue weighted by molar-refractivity contribution is -0.0105. The third kappa shape index (κ3) is 3.41. The van der Waals surface area contributed by atoms with Gasteiger partial charge in [0.05, 0.1) is 0 Å². The van der Waals surface area contributed by atoms with Gasteiger partial charge in [-0.05, 0) is 38.0 Å². The van der Waals surface area contributed by atoms with Crippen molar-refractivity contribution in [1.29, 1.82) is 0 Å². The molecule has 0 N–H and O–H groups in total. The van der Waals surface area contributed by atoms with Gasteiger partial charge in [-0.2, -0.15) is 0 Å². The van der Waals surface area contributed by atoms with Crippen molar-refractivity contribution < 1.29 is 4.74 Å². The van der Waals surface area contributed by atoms with Gasteiger partial charge in [-0.15, -0.1) is 0 Å². The second-order valence-electron chi connectivity index (χ2n) is 6.47. The third-order valence-electron chi connectivity index (χ3n) is 4.23. The summed E-state index contributed by atoms with van der Waals surface area (Å²) in [5.41, 5.74) is 1.14. The molecule has 106 valence electrons. The van der Waals surface area contributed by atoms with E-state index in [9.17, 15) is 0 Å². The van der Waals surface area contributed by atoms with Gasteiger partial charge in [0.25, 0.3) is 0 Å². The minimum absolute atomic E-state index is 0.0319. The van der Waals surface area contributed by atoms with Gasteiger partial charge in [-0.1, -0.05) is 62.4 Å². The monoisotopic (exact) mass is 268 g/mol. The Kier molecular flexibility index (Phi) is 4.17. The van der Waals surface area contributed by atoms with Crippen molar-refractivity contribution >= 4 is 0 Å². The fourth-order valence-electron chi connectivity index (χ4n) is 2.24. The van der Waals surface area contributed by atoms with E-state index >= 15 is 0 Å². The van der Waals surface area contributed by atoms with Gasteiger partial charge in [0.2, 0.25) is 0 Å². The molecule has 0 bridgehead atoms. The molecule has 1 nitrogen and oxygen atoms in total. The van der Waals surface area contributed by atoms with Gasteiger partial charge in [0.15, 0.2) is 0 Å². The summed E-state index contributed by atoms with van der Waals surface area (Å²) in [5.74, 6) is 0.929.